The summed E-state index contributed by atoms with van der Waals surface area (Å²) in [4.78, 5) is 12.6. The van der Waals surface area contributed by atoms with Gasteiger partial charge < -0.3 is 14.8 Å². The van der Waals surface area contributed by atoms with E-state index in [4.69, 9.17) is 32.7 Å². The first-order valence-corrected chi connectivity index (χ1v) is 14.1. The fourth-order valence-electron chi connectivity index (χ4n) is 3.53. The molecule has 0 spiro atoms. The summed E-state index contributed by atoms with van der Waals surface area (Å²) >= 11 is 12.3. The molecule has 0 aliphatic carbocycles. The van der Waals surface area contributed by atoms with Gasteiger partial charge in [-0.25, -0.2) is 8.42 Å². The van der Waals surface area contributed by atoms with Crippen molar-refractivity contribution in [2.24, 2.45) is 0 Å². The molecule has 0 aliphatic heterocycles. The largest absolute Gasteiger partial charge is 0.484 e. The van der Waals surface area contributed by atoms with Crippen LogP contribution in [0.5, 0.6) is 17.2 Å². The molecular formula is C28H24Cl2N2O5S. The Morgan fingerprint density at radius 1 is 0.868 bits per heavy atom. The maximum Gasteiger partial charge on any atom is 0.262 e. The van der Waals surface area contributed by atoms with Crippen LogP contribution in [-0.4, -0.2) is 27.2 Å². The van der Waals surface area contributed by atoms with Gasteiger partial charge in [-0.05, 0) is 66.2 Å². The summed E-state index contributed by atoms with van der Waals surface area (Å²) in [6.45, 7) is -0.208. The fourth-order valence-corrected chi connectivity index (χ4v) is 4.78. The standard InChI is InChI=1S/C28H24Cl2N2O5S/c1-38(34,35)32(18-20-7-5-6-10-25(20)30)22-12-14-23(15-13-22)36-19-28(33)31-26-17-21(29)11-16-27(26)37-24-8-3-2-4-9-24/h2-17H,18-19H2,1H3,(H,31,33). The highest BCUT2D eigenvalue weighted by atomic mass is 35.5. The minimum atomic E-state index is -3.59. The lowest BCUT2D eigenvalue weighted by Crippen LogP contribution is -2.29. The average molecular weight is 571 g/mol. The van der Waals surface area contributed by atoms with E-state index in [-0.39, 0.29) is 13.2 Å². The molecular weight excluding hydrogens is 547 g/mol. The molecule has 38 heavy (non-hydrogen) atoms. The number of rotatable bonds is 10. The number of amides is 1. The smallest absolute Gasteiger partial charge is 0.262 e. The lowest BCUT2D eigenvalue weighted by Gasteiger charge is -2.23. The second-order valence-electron chi connectivity index (χ2n) is 8.25. The van der Waals surface area contributed by atoms with Crippen molar-refractivity contribution in [1.82, 2.24) is 0 Å². The number of nitrogens with one attached hydrogen (secondary N) is 1. The van der Waals surface area contributed by atoms with Crippen molar-refractivity contribution in [2.45, 2.75) is 6.54 Å². The summed E-state index contributed by atoms with van der Waals surface area (Å²) < 4.78 is 37.7. The lowest BCUT2D eigenvalue weighted by atomic mass is 10.2. The lowest BCUT2D eigenvalue weighted by molar-refractivity contribution is -0.118. The Morgan fingerprint density at radius 2 is 1.55 bits per heavy atom. The molecule has 0 unspecified atom stereocenters. The number of para-hydroxylation sites is 1. The third-order valence-corrected chi connectivity index (χ3v) is 7.10. The van der Waals surface area contributed by atoms with Gasteiger partial charge in [-0.1, -0.05) is 59.6 Å². The zero-order chi connectivity index (χ0) is 27.1. The van der Waals surface area contributed by atoms with E-state index >= 15 is 0 Å². The van der Waals surface area contributed by atoms with Crippen LogP contribution in [0.15, 0.2) is 97.1 Å². The van der Waals surface area contributed by atoms with E-state index < -0.39 is 15.9 Å². The van der Waals surface area contributed by atoms with Gasteiger partial charge in [-0.3, -0.25) is 9.10 Å². The number of halogens is 2. The normalized spacial score (nSPS) is 11.0. The van der Waals surface area contributed by atoms with Crippen molar-refractivity contribution in [3.05, 3.63) is 113 Å². The minimum absolute atomic E-state index is 0.0775. The van der Waals surface area contributed by atoms with Crippen LogP contribution in [0.1, 0.15) is 5.56 Å². The molecule has 0 aromatic heterocycles. The maximum atomic E-state index is 12.6. The Balaban J connectivity index is 1.41. The molecule has 0 aliphatic rings. The average Bonchev–Trinajstić information content (AvgIpc) is 2.89. The van der Waals surface area contributed by atoms with E-state index in [0.29, 0.717) is 44.2 Å². The van der Waals surface area contributed by atoms with Crippen molar-refractivity contribution in [2.75, 3.05) is 22.5 Å². The van der Waals surface area contributed by atoms with E-state index in [2.05, 4.69) is 5.32 Å². The molecule has 0 heterocycles. The topological polar surface area (TPSA) is 84.9 Å². The highest BCUT2D eigenvalue weighted by Gasteiger charge is 2.19. The number of hydrogen-bond acceptors (Lipinski definition) is 5. The molecule has 0 fully saturated rings. The number of benzene rings is 4. The van der Waals surface area contributed by atoms with Gasteiger partial charge in [-0.15, -0.1) is 0 Å². The van der Waals surface area contributed by atoms with E-state index in [1.807, 2.05) is 18.2 Å². The molecule has 0 bridgehead atoms. The highest BCUT2D eigenvalue weighted by Crippen LogP contribution is 2.32. The molecule has 0 saturated carbocycles. The number of ether oxygens (including phenoxy) is 2. The van der Waals surface area contributed by atoms with Gasteiger partial charge in [0.25, 0.3) is 5.91 Å². The van der Waals surface area contributed by atoms with Gasteiger partial charge in [0.05, 0.1) is 24.2 Å². The van der Waals surface area contributed by atoms with Crippen LogP contribution in [0.2, 0.25) is 10.0 Å². The molecule has 4 rings (SSSR count). The molecule has 1 amide bonds. The van der Waals surface area contributed by atoms with E-state index in [1.54, 1.807) is 78.9 Å². The number of carbonyl (C=O) groups is 1. The first-order valence-electron chi connectivity index (χ1n) is 11.5. The fraction of sp³-hybridized carbons (Fsp3) is 0.107. The van der Waals surface area contributed by atoms with Crippen LogP contribution in [0.4, 0.5) is 11.4 Å². The summed E-state index contributed by atoms with van der Waals surface area (Å²) in [6.07, 6.45) is 1.13. The van der Waals surface area contributed by atoms with Gasteiger partial charge in [0.2, 0.25) is 10.0 Å². The molecule has 0 radical (unpaired) electrons. The number of nitrogens with zero attached hydrogens (tertiary/aromatic N) is 1. The van der Waals surface area contributed by atoms with Crippen LogP contribution in [0.25, 0.3) is 0 Å². The van der Waals surface area contributed by atoms with E-state index in [0.717, 1.165) is 6.26 Å². The Labute approximate surface area is 231 Å². The zero-order valence-electron chi connectivity index (χ0n) is 20.3. The van der Waals surface area contributed by atoms with Gasteiger partial charge in [0.15, 0.2) is 12.4 Å². The summed E-state index contributed by atoms with van der Waals surface area (Å²) in [7, 11) is -3.59. The van der Waals surface area contributed by atoms with Gasteiger partial charge in [0.1, 0.15) is 11.5 Å². The number of hydrogen-bond donors (Lipinski definition) is 1. The van der Waals surface area contributed by atoms with Crippen molar-refractivity contribution >= 4 is 50.5 Å². The number of sulfonamides is 1. The first kappa shape index (κ1) is 27.3. The van der Waals surface area contributed by atoms with E-state index in [9.17, 15) is 13.2 Å². The van der Waals surface area contributed by atoms with Crippen molar-refractivity contribution in [3.8, 4) is 17.2 Å². The molecule has 1 N–H and O–H groups in total. The van der Waals surface area contributed by atoms with Gasteiger partial charge >= 0.3 is 0 Å². The van der Waals surface area contributed by atoms with E-state index in [1.165, 1.54) is 4.31 Å². The van der Waals surface area contributed by atoms with Crippen LogP contribution < -0.4 is 19.1 Å². The molecule has 7 nitrogen and oxygen atoms in total. The Morgan fingerprint density at radius 3 is 2.24 bits per heavy atom. The quantitative estimate of drug-likeness (QED) is 0.227. The summed E-state index contributed by atoms with van der Waals surface area (Å²) in [5.41, 5.74) is 1.51. The molecule has 0 atom stereocenters. The van der Waals surface area contributed by atoms with Gasteiger partial charge in [0, 0.05) is 10.0 Å². The van der Waals surface area contributed by atoms with Crippen LogP contribution in [-0.2, 0) is 21.4 Å². The Bertz CT molecular complexity index is 1510. The highest BCUT2D eigenvalue weighted by molar-refractivity contribution is 7.92. The predicted octanol–water partition coefficient (Wildman–Crippen LogP) is 6.77. The second kappa shape index (κ2) is 12.2. The molecule has 4 aromatic rings. The Kier molecular flexibility index (Phi) is 8.78. The maximum absolute atomic E-state index is 12.6. The van der Waals surface area contributed by atoms with Crippen molar-refractivity contribution in [3.63, 3.8) is 0 Å². The summed E-state index contributed by atoms with van der Waals surface area (Å²) in [5.74, 6) is 1.00. The van der Waals surface area contributed by atoms with Crippen molar-refractivity contribution in [1.29, 1.82) is 0 Å². The molecule has 10 heteroatoms. The second-order valence-corrected chi connectivity index (χ2v) is 11.0. The first-order chi connectivity index (χ1) is 18.2. The third-order valence-electron chi connectivity index (χ3n) is 5.35. The zero-order valence-corrected chi connectivity index (χ0v) is 22.6. The van der Waals surface area contributed by atoms with Crippen LogP contribution in [0.3, 0.4) is 0 Å². The van der Waals surface area contributed by atoms with Gasteiger partial charge in [-0.2, -0.15) is 0 Å². The predicted molar refractivity (Wildman–Crippen MR) is 151 cm³/mol. The van der Waals surface area contributed by atoms with Crippen LogP contribution >= 0.6 is 23.2 Å². The molecule has 4 aromatic carbocycles. The number of carbonyl (C=O) groups excluding carboxylic acids is 1. The Hall–Kier alpha value is -3.72. The van der Waals surface area contributed by atoms with Crippen LogP contribution in [0, 0.1) is 0 Å². The summed E-state index contributed by atoms with van der Waals surface area (Å²) in [6, 6.07) is 27.5. The molecule has 0 saturated heterocycles. The number of anilines is 2. The SMILES string of the molecule is CS(=O)(=O)N(Cc1ccccc1Cl)c1ccc(OCC(=O)Nc2cc(Cl)ccc2Oc2ccccc2)cc1. The van der Waals surface area contributed by atoms with Crippen molar-refractivity contribution < 1.29 is 22.7 Å². The monoisotopic (exact) mass is 570 g/mol. The third kappa shape index (κ3) is 7.41. The minimum Gasteiger partial charge on any atom is -0.484 e. The summed E-state index contributed by atoms with van der Waals surface area (Å²) in [5, 5.41) is 3.66. The molecule has 196 valence electrons.